The van der Waals surface area contributed by atoms with Crippen molar-refractivity contribution in [3.8, 4) is 5.75 Å². The van der Waals surface area contributed by atoms with Crippen molar-refractivity contribution in [1.29, 1.82) is 0 Å². The van der Waals surface area contributed by atoms with Gasteiger partial charge in [-0.25, -0.2) is 4.79 Å². The third-order valence-electron chi connectivity index (χ3n) is 5.95. The van der Waals surface area contributed by atoms with Crippen molar-refractivity contribution in [2.24, 2.45) is 5.10 Å². The summed E-state index contributed by atoms with van der Waals surface area (Å²) in [6.07, 6.45) is 2.29. The van der Waals surface area contributed by atoms with Crippen molar-refractivity contribution in [2.75, 3.05) is 7.11 Å². The molecule has 0 bridgehead atoms. The third kappa shape index (κ3) is 5.49. The van der Waals surface area contributed by atoms with Crippen LogP contribution in [0.5, 0.6) is 5.75 Å². The molecular formula is C29H24N4O3S. The molecule has 1 aromatic heterocycles. The number of nitrogens with one attached hydrogen (secondary N) is 1. The van der Waals surface area contributed by atoms with E-state index in [-0.39, 0.29) is 5.97 Å². The number of hydrogen-bond donors (Lipinski definition) is 1. The van der Waals surface area contributed by atoms with E-state index < -0.39 is 0 Å². The van der Waals surface area contributed by atoms with Crippen LogP contribution in [0, 0.1) is 4.77 Å². The molecule has 0 amide bonds. The SMILES string of the molecule is COC(=O)c1ccc(COc2ccccc2C=Nn2c(Cc3cccc4ccccc34)n[nH]c2=S)cc1. The Balaban J connectivity index is 1.34. The smallest absolute Gasteiger partial charge is 0.337 e. The van der Waals surface area contributed by atoms with Crippen molar-refractivity contribution < 1.29 is 14.3 Å². The van der Waals surface area contributed by atoms with Gasteiger partial charge in [-0.3, -0.25) is 5.10 Å². The number of carbonyl (C=O) groups excluding carboxylic acids is 1. The highest BCUT2D eigenvalue weighted by Gasteiger charge is 2.10. The number of esters is 1. The van der Waals surface area contributed by atoms with E-state index >= 15 is 0 Å². The van der Waals surface area contributed by atoms with Crippen LogP contribution in [-0.4, -0.2) is 34.2 Å². The van der Waals surface area contributed by atoms with Crippen molar-refractivity contribution >= 4 is 35.2 Å². The molecule has 0 spiro atoms. The Labute approximate surface area is 219 Å². The van der Waals surface area contributed by atoms with Gasteiger partial charge in [0, 0.05) is 12.0 Å². The molecule has 184 valence electrons. The molecule has 37 heavy (non-hydrogen) atoms. The predicted octanol–water partition coefficient (Wildman–Crippen LogP) is 5.93. The normalized spacial score (nSPS) is 11.2. The summed E-state index contributed by atoms with van der Waals surface area (Å²) in [5.74, 6) is 1.02. The molecule has 5 rings (SSSR count). The minimum absolute atomic E-state index is 0.337. The van der Waals surface area contributed by atoms with Crippen LogP contribution >= 0.6 is 12.2 Å². The second-order valence-corrected chi connectivity index (χ2v) is 8.72. The van der Waals surface area contributed by atoms with Gasteiger partial charge in [0.15, 0.2) is 5.82 Å². The highest BCUT2D eigenvalue weighted by atomic mass is 32.1. The van der Waals surface area contributed by atoms with Crippen LogP contribution in [0.2, 0.25) is 0 Å². The van der Waals surface area contributed by atoms with E-state index in [4.69, 9.17) is 21.7 Å². The number of nitrogens with zero attached hydrogens (tertiary/aromatic N) is 3. The topological polar surface area (TPSA) is 81.5 Å². The Bertz CT molecular complexity index is 1630. The predicted molar refractivity (Wildman–Crippen MR) is 146 cm³/mol. The average Bonchev–Trinajstić information content (AvgIpc) is 3.29. The van der Waals surface area contributed by atoms with Gasteiger partial charge in [0.2, 0.25) is 4.77 Å². The van der Waals surface area contributed by atoms with Crippen molar-refractivity contribution in [1.82, 2.24) is 14.9 Å². The van der Waals surface area contributed by atoms with E-state index in [0.717, 1.165) is 16.7 Å². The lowest BCUT2D eigenvalue weighted by Gasteiger charge is -2.10. The quantitative estimate of drug-likeness (QED) is 0.160. The number of carbonyl (C=O) groups is 1. The lowest BCUT2D eigenvalue weighted by atomic mass is 10.0. The first kappa shape index (κ1) is 24.1. The highest BCUT2D eigenvalue weighted by molar-refractivity contribution is 7.71. The van der Waals surface area contributed by atoms with Gasteiger partial charge in [-0.2, -0.15) is 14.9 Å². The van der Waals surface area contributed by atoms with Crippen LogP contribution in [-0.2, 0) is 17.8 Å². The number of fused-ring (bicyclic) bond motifs is 1. The minimum atomic E-state index is -0.369. The Kier molecular flexibility index (Phi) is 7.19. The molecule has 0 aliphatic carbocycles. The lowest BCUT2D eigenvalue weighted by Crippen LogP contribution is -2.03. The monoisotopic (exact) mass is 508 g/mol. The first-order valence-corrected chi connectivity index (χ1v) is 12.1. The first-order chi connectivity index (χ1) is 18.1. The maximum absolute atomic E-state index is 11.6. The molecule has 0 radical (unpaired) electrons. The fourth-order valence-electron chi connectivity index (χ4n) is 4.03. The summed E-state index contributed by atoms with van der Waals surface area (Å²) >= 11 is 5.45. The number of H-pyrrole nitrogens is 1. The third-order valence-corrected chi connectivity index (χ3v) is 6.21. The molecule has 0 aliphatic rings. The van der Waals surface area contributed by atoms with E-state index in [9.17, 15) is 4.79 Å². The molecule has 0 saturated carbocycles. The zero-order valence-electron chi connectivity index (χ0n) is 20.1. The van der Waals surface area contributed by atoms with E-state index in [1.165, 1.54) is 17.9 Å². The summed E-state index contributed by atoms with van der Waals surface area (Å²) in [5, 5.41) is 14.3. The number of rotatable bonds is 8. The Hall–Kier alpha value is -4.56. The Morgan fingerprint density at radius 1 is 1.00 bits per heavy atom. The van der Waals surface area contributed by atoms with Crippen LogP contribution in [0.1, 0.15) is 32.9 Å². The van der Waals surface area contributed by atoms with Gasteiger partial charge < -0.3 is 9.47 Å². The molecule has 4 aromatic carbocycles. The molecule has 0 aliphatic heterocycles. The number of ether oxygens (including phenoxy) is 2. The highest BCUT2D eigenvalue weighted by Crippen LogP contribution is 2.22. The fraction of sp³-hybridized carbons (Fsp3) is 0.103. The summed E-state index contributed by atoms with van der Waals surface area (Å²) in [4.78, 5) is 11.6. The summed E-state index contributed by atoms with van der Waals surface area (Å²) < 4.78 is 12.9. The summed E-state index contributed by atoms with van der Waals surface area (Å²) in [5.41, 5.74) is 3.36. The van der Waals surface area contributed by atoms with Gasteiger partial charge >= 0.3 is 5.97 Å². The summed E-state index contributed by atoms with van der Waals surface area (Å²) in [6, 6.07) is 29.3. The van der Waals surface area contributed by atoms with Crippen LogP contribution in [0.3, 0.4) is 0 Å². The number of benzene rings is 4. The number of para-hydroxylation sites is 1. The minimum Gasteiger partial charge on any atom is -0.488 e. The van der Waals surface area contributed by atoms with E-state index in [2.05, 4.69) is 39.6 Å². The number of methoxy groups -OCH3 is 1. The van der Waals surface area contributed by atoms with Gasteiger partial charge in [-0.1, -0.05) is 66.7 Å². The second kappa shape index (κ2) is 11.0. The van der Waals surface area contributed by atoms with E-state index in [1.54, 1.807) is 23.0 Å². The summed E-state index contributed by atoms with van der Waals surface area (Å²) in [7, 11) is 1.36. The maximum atomic E-state index is 11.6. The molecular weight excluding hydrogens is 484 g/mol. The van der Waals surface area contributed by atoms with Gasteiger partial charge in [-0.05, 0) is 58.4 Å². The number of hydrogen-bond acceptors (Lipinski definition) is 6. The standard InChI is InChI=1S/C29H24N4O3S/c1-35-28(34)22-15-13-20(14-16-22)19-36-26-12-5-3-8-24(26)18-30-33-27(31-32-29(33)37)17-23-10-6-9-21-7-2-4-11-25(21)23/h2-16,18H,17,19H2,1H3,(H,32,37). The lowest BCUT2D eigenvalue weighted by molar-refractivity contribution is 0.0600. The van der Waals surface area contributed by atoms with Gasteiger partial charge in [0.05, 0.1) is 18.9 Å². The zero-order valence-corrected chi connectivity index (χ0v) is 20.9. The van der Waals surface area contributed by atoms with E-state index in [1.807, 2.05) is 54.6 Å². The van der Waals surface area contributed by atoms with Crippen molar-refractivity contribution in [3.63, 3.8) is 0 Å². The van der Waals surface area contributed by atoms with Crippen molar-refractivity contribution in [3.05, 3.63) is 124 Å². The van der Waals surface area contributed by atoms with Gasteiger partial charge in [-0.15, -0.1) is 0 Å². The van der Waals surface area contributed by atoms with Crippen LogP contribution < -0.4 is 4.74 Å². The maximum Gasteiger partial charge on any atom is 0.337 e. The Morgan fingerprint density at radius 3 is 2.59 bits per heavy atom. The summed E-state index contributed by atoms with van der Waals surface area (Å²) in [6.45, 7) is 0.337. The average molecular weight is 509 g/mol. The first-order valence-electron chi connectivity index (χ1n) is 11.7. The molecule has 7 nitrogen and oxygen atoms in total. The van der Waals surface area contributed by atoms with Crippen LogP contribution in [0.4, 0.5) is 0 Å². The number of aromatic nitrogens is 3. The molecule has 1 N–H and O–H groups in total. The van der Waals surface area contributed by atoms with Gasteiger partial charge in [0.1, 0.15) is 12.4 Å². The van der Waals surface area contributed by atoms with E-state index in [0.29, 0.717) is 34.9 Å². The second-order valence-electron chi connectivity index (χ2n) is 8.33. The van der Waals surface area contributed by atoms with Crippen LogP contribution in [0.25, 0.3) is 10.8 Å². The zero-order chi connectivity index (χ0) is 25.6. The number of aromatic amines is 1. The molecule has 0 unspecified atom stereocenters. The molecule has 5 aromatic rings. The molecule has 0 atom stereocenters. The molecule has 1 heterocycles. The van der Waals surface area contributed by atoms with Crippen molar-refractivity contribution in [2.45, 2.75) is 13.0 Å². The van der Waals surface area contributed by atoms with Crippen LogP contribution in [0.15, 0.2) is 96.1 Å². The van der Waals surface area contributed by atoms with Gasteiger partial charge in [0.25, 0.3) is 0 Å². The molecule has 0 fully saturated rings. The largest absolute Gasteiger partial charge is 0.488 e. The Morgan fingerprint density at radius 2 is 1.76 bits per heavy atom. The fourth-order valence-corrected chi connectivity index (χ4v) is 4.23. The molecule has 8 heteroatoms. The molecule has 0 saturated heterocycles.